The number of hydrogen-bond acceptors (Lipinski definition) is 2. The van der Waals surface area contributed by atoms with E-state index in [-0.39, 0.29) is 5.91 Å². The predicted molar refractivity (Wildman–Crippen MR) is 72.0 cm³/mol. The summed E-state index contributed by atoms with van der Waals surface area (Å²) in [6.07, 6.45) is 2.26. The van der Waals surface area contributed by atoms with Crippen LogP contribution >= 0.6 is 11.6 Å². The van der Waals surface area contributed by atoms with Gasteiger partial charge in [-0.15, -0.1) is 11.6 Å². The summed E-state index contributed by atoms with van der Waals surface area (Å²) in [4.78, 5) is 13.8. The fourth-order valence-electron chi connectivity index (χ4n) is 2.10. The smallest absolute Gasteiger partial charge is 0.224 e. The van der Waals surface area contributed by atoms with Crippen LogP contribution in [-0.2, 0) is 11.2 Å². The van der Waals surface area contributed by atoms with Gasteiger partial charge in [0.05, 0.1) is 0 Å². The van der Waals surface area contributed by atoms with E-state index in [1.807, 2.05) is 6.07 Å². The minimum absolute atomic E-state index is 0.0388. The number of carbonyl (C=O) groups is 1. The lowest BCUT2D eigenvalue weighted by Crippen LogP contribution is -2.13. The Morgan fingerprint density at radius 1 is 1.53 bits per heavy atom. The maximum Gasteiger partial charge on any atom is 0.224 e. The SMILES string of the molecule is CN1CCc2cc(NC(=O)CCCCl)ccc21. The molecule has 1 aliphatic rings. The Balaban J connectivity index is 2.01. The Morgan fingerprint density at radius 2 is 2.35 bits per heavy atom. The Bertz CT molecular complexity index is 420. The van der Waals surface area contributed by atoms with Crippen molar-refractivity contribution in [1.82, 2.24) is 0 Å². The van der Waals surface area contributed by atoms with E-state index in [0.717, 1.165) is 25.1 Å². The average molecular weight is 253 g/mol. The predicted octanol–water partition coefficient (Wildman–Crippen LogP) is 2.64. The van der Waals surface area contributed by atoms with Crippen molar-refractivity contribution in [1.29, 1.82) is 0 Å². The van der Waals surface area contributed by atoms with Crippen LogP contribution in [-0.4, -0.2) is 25.4 Å². The summed E-state index contributed by atoms with van der Waals surface area (Å²) in [5, 5.41) is 2.91. The van der Waals surface area contributed by atoms with Crippen LogP contribution < -0.4 is 10.2 Å². The first-order valence-corrected chi connectivity index (χ1v) is 6.44. The molecule has 0 aliphatic carbocycles. The summed E-state index contributed by atoms with van der Waals surface area (Å²) < 4.78 is 0. The molecule has 3 nitrogen and oxygen atoms in total. The van der Waals surface area contributed by atoms with Gasteiger partial charge < -0.3 is 10.2 Å². The van der Waals surface area contributed by atoms with Gasteiger partial charge in [-0.25, -0.2) is 0 Å². The molecule has 17 heavy (non-hydrogen) atoms. The molecule has 0 atom stereocenters. The maximum atomic E-state index is 11.6. The molecule has 1 amide bonds. The summed E-state index contributed by atoms with van der Waals surface area (Å²) >= 11 is 5.56. The monoisotopic (exact) mass is 252 g/mol. The highest BCUT2D eigenvalue weighted by atomic mass is 35.5. The van der Waals surface area contributed by atoms with Gasteiger partial charge in [0.15, 0.2) is 0 Å². The number of amides is 1. The Labute approximate surface area is 107 Å². The molecule has 0 radical (unpaired) electrons. The highest BCUT2D eigenvalue weighted by Gasteiger charge is 2.15. The minimum atomic E-state index is 0.0388. The highest BCUT2D eigenvalue weighted by molar-refractivity contribution is 6.18. The number of halogens is 1. The molecule has 1 aromatic rings. The van der Waals surface area contributed by atoms with Crippen molar-refractivity contribution >= 4 is 28.9 Å². The van der Waals surface area contributed by atoms with E-state index < -0.39 is 0 Å². The number of hydrogen-bond donors (Lipinski definition) is 1. The average Bonchev–Trinajstić information content (AvgIpc) is 2.68. The number of anilines is 2. The van der Waals surface area contributed by atoms with E-state index in [2.05, 4.69) is 29.4 Å². The van der Waals surface area contributed by atoms with Gasteiger partial charge in [0.25, 0.3) is 0 Å². The summed E-state index contributed by atoms with van der Waals surface area (Å²) in [5.41, 5.74) is 3.46. The zero-order valence-corrected chi connectivity index (χ0v) is 10.8. The number of nitrogens with zero attached hydrogens (tertiary/aromatic N) is 1. The summed E-state index contributed by atoms with van der Waals surface area (Å²) in [5.74, 6) is 0.569. The first kappa shape index (κ1) is 12.2. The Morgan fingerprint density at radius 3 is 3.12 bits per heavy atom. The number of benzene rings is 1. The second-order valence-electron chi connectivity index (χ2n) is 4.36. The number of alkyl halides is 1. The largest absolute Gasteiger partial charge is 0.374 e. The van der Waals surface area contributed by atoms with Crippen molar-refractivity contribution in [3.8, 4) is 0 Å². The van der Waals surface area contributed by atoms with Gasteiger partial charge in [-0.3, -0.25) is 4.79 Å². The van der Waals surface area contributed by atoms with Crippen molar-refractivity contribution in [3.63, 3.8) is 0 Å². The first-order chi connectivity index (χ1) is 8.20. The summed E-state index contributed by atoms with van der Waals surface area (Å²) in [6, 6.07) is 6.09. The molecule has 1 N–H and O–H groups in total. The van der Waals surface area contributed by atoms with Crippen LogP contribution in [0.15, 0.2) is 18.2 Å². The van der Waals surface area contributed by atoms with Crippen molar-refractivity contribution in [2.75, 3.05) is 29.7 Å². The summed E-state index contributed by atoms with van der Waals surface area (Å²) in [6.45, 7) is 1.05. The molecule has 92 valence electrons. The lowest BCUT2D eigenvalue weighted by atomic mass is 10.1. The van der Waals surface area contributed by atoms with Crippen LogP contribution in [0.1, 0.15) is 18.4 Å². The molecule has 0 unspecified atom stereocenters. The molecular formula is C13H17ClN2O. The van der Waals surface area contributed by atoms with E-state index in [1.165, 1.54) is 11.3 Å². The standard InChI is InChI=1S/C13H17ClN2O/c1-16-8-6-10-9-11(4-5-12(10)16)15-13(17)3-2-7-14/h4-5,9H,2-3,6-8H2,1H3,(H,15,17). The van der Waals surface area contributed by atoms with E-state index in [9.17, 15) is 4.79 Å². The lowest BCUT2D eigenvalue weighted by Gasteiger charge is -2.12. The van der Waals surface area contributed by atoms with Crippen molar-refractivity contribution in [3.05, 3.63) is 23.8 Å². The maximum absolute atomic E-state index is 11.6. The molecule has 1 heterocycles. The molecule has 2 rings (SSSR count). The minimum Gasteiger partial charge on any atom is -0.374 e. The fourth-order valence-corrected chi connectivity index (χ4v) is 2.23. The second kappa shape index (κ2) is 5.41. The topological polar surface area (TPSA) is 32.3 Å². The summed E-state index contributed by atoms with van der Waals surface area (Å²) in [7, 11) is 2.09. The fraction of sp³-hybridized carbons (Fsp3) is 0.462. The van der Waals surface area contributed by atoms with Gasteiger partial charge in [0, 0.05) is 37.3 Å². The van der Waals surface area contributed by atoms with Gasteiger partial charge in [0.1, 0.15) is 0 Å². The quantitative estimate of drug-likeness (QED) is 0.836. The molecular weight excluding hydrogens is 236 g/mol. The number of rotatable bonds is 4. The number of carbonyl (C=O) groups excluding carboxylic acids is 1. The molecule has 0 saturated carbocycles. The Kier molecular flexibility index (Phi) is 3.89. The van der Waals surface area contributed by atoms with Gasteiger partial charge >= 0.3 is 0 Å². The number of nitrogens with one attached hydrogen (secondary N) is 1. The molecule has 0 saturated heterocycles. The van der Waals surface area contributed by atoms with Crippen molar-refractivity contribution < 1.29 is 4.79 Å². The van der Waals surface area contributed by atoms with Crippen LogP contribution in [0.25, 0.3) is 0 Å². The zero-order valence-electron chi connectivity index (χ0n) is 10.0. The molecule has 1 aromatic carbocycles. The van der Waals surface area contributed by atoms with E-state index >= 15 is 0 Å². The number of likely N-dealkylation sites (N-methyl/N-ethyl adjacent to an activating group) is 1. The van der Waals surface area contributed by atoms with E-state index in [1.54, 1.807) is 0 Å². The highest BCUT2D eigenvalue weighted by Crippen LogP contribution is 2.29. The van der Waals surface area contributed by atoms with Gasteiger partial charge in [-0.2, -0.15) is 0 Å². The molecule has 4 heteroatoms. The zero-order chi connectivity index (χ0) is 12.3. The van der Waals surface area contributed by atoms with Crippen molar-refractivity contribution in [2.45, 2.75) is 19.3 Å². The number of fused-ring (bicyclic) bond motifs is 1. The normalized spacial score (nSPS) is 13.6. The van der Waals surface area contributed by atoms with Crippen LogP contribution in [0.5, 0.6) is 0 Å². The Hall–Kier alpha value is -1.22. The second-order valence-corrected chi connectivity index (χ2v) is 4.73. The molecule has 0 fully saturated rings. The third kappa shape index (κ3) is 2.91. The first-order valence-electron chi connectivity index (χ1n) is 5.90. The van der Waals surface area contributed by atoms with Crippen LogP contribution in [0, 0.1) is 0 Å². The van der Waals surface area contributed by atoms with Crippen LogP contribution in [0.3, 0.4) is 0 Å². The van der Waals surface area contributed by atoms with E-state index in [4.69, 9.17) is 11.6 Å². The molecule has 0 bridgehead atoms. The van der Waals surface area contributed by atoms with Crippen LogP contribution in [0.2, 0.25) is 0 Å². The van der Waals surface area contributed by atoms with Crippen LogP contribution in [0.4, 0.5) is 11.4 Å². The third-order valence-corrected chi connectivity index (χ3v) is 3.30. The molecule has 0 spiro atoms. The molecule has 1 aliphatic heterocycles. The van der Waals surface area contributed by atoms with E-state index in [0.29, 0.717) is 12.3 Å². The lowest BCUT2D eigenvalue weighted by molar-refractivity contribution is -0.116. The third-order valence-electron chi connectivity index (χ3n) is 3.03. The van der Waals surface area contributed by atoms with Gasteiger partial charge in [0.2, 0.25) is 5.91 Å². The van der Waals surface area contributed by atoms with Gasteiger partial charge in [-0.1, -0.05) is 0 Å². The van der Waals surface area contributed by atoms with Crippen molar-refractivity contribution in [2.24, 2.45) is 0 Å². The van der Waals surface area contributed by atoms with Gasteiger partial charge in [-0.05, 0) is 36.6 Å². The molecule has 0 aromatic heterocycles.